The van der Waals surface area contributed by atoms with Gasteiger partial charge in [-0.3, -0.25) is 9.59 Å². The first-order chi connectivity index (χ1) is 19.9. The fraction of sp³-hybridized carbons (Fsp3) is 0.464. The third-order valence-electron chi connectivity index (χ3n) is 7.32. The van der Waals surface area contributed by atoms with Gasteiger partial charge in [-0.25, -0.2) is 4.98 Å². The number of nitrogens with one attached hydrogen (secondary N) is 3. The lowest BCUT2D eigenvalue weighted by atomic mass is 10.1. The van der Waals surface area contributed by atoms with E-state index in [1.54, 1.807) is 24.3 Å². The van der Waals surface area contributed by atoms with Gasteiger partial charge in [-0.1, -0.05) is 6.07 Å². The second kappa shape index (κ2) is 13.0. The third kappa shape index (κ3) is 7.11. The van der Waals surface area contributed by atoms with Crippen LogP contribution in [-0.2, 0) is 4.74 Å². The minimum atomic E-state index is -0.741. The van der Waals surface area contributed by atoms with Crippen molar-refractivity contribution in [2.75, 3.05) is 51.2 Å². The van der Waals surface area contributed by atoms with Crippen molar-refractivity contribution in [2.24, 2.45) is 11.7 Å². The fourth-order valence-electron chi connectivity index (χ4n) is 4.85. The molecule has 1 saturated heterocycles. The van der Waals surface area contributed by atoms with Crippen molar-refractivity contribution in [1.29, 1.82) is 0 Å². The maximum Gasteiger partial charge on any atom is 0.288 e. The first-order valence-electron chi connectivity index (χ1n) is 13.8. The zero-order valence-electron chi connectivity index (χ0n) is 23.3. The molecule has 1 unspecified atom stereocenters. The highest BCUT2D eigenvalue weighted by Crippen LogP contribution is 2.38. The minimum absolute atomic E-state index is 0.0409. The number of hydrogen-bond acceptors (Lipinski definition) is 11. The van der Waals surface area contributed by atoms with E-state index in [1.807, 2.05) is 0 Å². The molecule has 1 saturated carbocycles. The summed E-state index contributed by atoms with van der Waals surface area (Å²) in [7, 11) is 3.62. The normalized spacial score (nSPS) is 16.9. The molecule has 1 aliphatic carbocycles. The van der Waals surface area contributed by atoms with E-state index in [1.165, 1.54) is 32.6 Å². The maximum atomic E-state index is 12.7. The number of nitrogens with zero attached hydrogens (tertiary/aromatic N) is 4. The highest BCUT2D eigenvalue weighted by atomic mass is 16.5. The van der Waals surface area contributed by atoms with Gasteiger partial charge in [0.25, 0.3) is 11.8 Å². The van der Waals surface area contributed by atoms with Crippen LogP contribution in [0.2, 0.25) is 0 Å². The Labute approximate surface area is 238 Å². The smallest absolute Gasteiger partial charge is 0.288 e. The molecule has 5 rings (SSSR count). The number of ether oxygens (including phenoxy) is 2. The summed E-state index contributed by atoms with van der Waals surface area (Å²) in [6.45, 7) is 2.60. The van der Waals surface area contributed by atoms with E-state index in [-0.39, 0.29) is 30.0 Å². The summed E-state index contributed by atoms with van der Waals surface area (Å²) in [5, 5.41) is 17.2. The molecule has 5 N–H and O–H groups in total. The molecule has 2 amide bonds. The molecule has 218 valence electrons. The van der Waals surface area contributed by atoms with Crippen LogP contribution in [0.15, 0.2) is 34.9 Å². The van der Waals surface area contributed by atoms with Crippen molar-refractivity contribution in [1.82, 2.24) is 25.4 Å². The number of benzene rings is 1. The predicted molar refractivity (Wildman–Crippen MR) is 152 cm³/mol. The van der Waals surface area contributed by atoms with Gasteiger partial charge in [0.1, 0.15) is 6.73 Å². The molecule has 1 aromatic carbocycles. The molecule has 13 nitrogen and oxygen atoms in total. The highest BCUT2D eigenvalue weighted by molar-refractivity contribution is 5.98. The van der Waals surface area contributed by atoms with Gasteiger partial charge in [0.05, 0.1) is 36.9 Å². The largest absolute Gasteiger partial charge is 0.494 e. The topological polar surface area (TPSA) is 170 Å². The Morgan fingerprint density at radius 2 is 2.05 bits per heavy atom. The van der Waals surface area contributed by atoms with E-state index in [9.17, 15) is 9.59 Å². The number of aromatic nitrogens is 3. The molecule has 0 bridgehead atoms. The second-order valence-electron chi connectivity index (χ2n) is 10.4. The van der Waals surface area contributed by atoms with Crippen molar-refractivity contribution >= 4 is 29.0 Å². The van der Waals surface area contributed by atoms with Crippen molar-refractivity contribution in [2.45, 2.75) is 38.1 Å². The number of hydrogen-bond donors (Lipinski definition) is 4. The average Bonchev–Trinajstić information content (AvgIpc) is 3.49. The van der Waals surface area contributed by atoms with E-state index in [0.717, 1.165) is 19.4 Å². The van der Waals surface area contributed by atoms with Gasteiger partial charge in [-0.15, -0.1) is 10.2 Å². The summed E-state index contributed by atoms with van der Waals surface area (Å²) in [5.74, 6) is 0.683. The molecule has 0 spiro atoms. The zero-order valence-corrected chi connectivity index (χ0v) is 23.3. The van der Waals surface area contributed by atoms with E-state index >= 15 is 0 Å². The van der Waals surface area contributed by atoms with Crippen LogP contribution in [0.3, 0.4) is 0 Å². The number of amides is 2. The highest BCUT2D eigenvalue weighted by Gasteiger charge is 2.23. The number of oxazole rings is 1. The van der Waals surface area contributed by atoms with Gasteiger partial charge in [-0.2, -0.15) is 0 Å². The van der Waals surface area contributed by atoms with Gasteiger partial charge >= 0.3 is 0 Å². The summed E-state index contributed by atoms with van der Waals surface area (Å²) in [4.78, 5) is 31.4. The van der Waals surface area contributed by atoms with Crippen molar-refractivity contribution < 1.29 is 23.5 Å². The fourth-order valence-corrected chi connectivity index (χ4v) is 4.85. The Morgan fingerprint density at radius 1 is 1.20 bits per heavy atom. The number of rotatable bonds is 14. The van der Waals surface area contributed by atoms with Crippen LogP contribution >= 0.6 is 0 Å². The van der Waals surface area contributed by atoms with Crippen LogP contribution < -0.4 is 26.4 Å². The zero-order chi connectivity index (χ0) is 28.8. The van der Waals surface area contributed by atoms with Gasteiger partial charge in [0, 0.05) is 18.7 Å². The molecular formula is C28H36N8O5. The third-order valence-corrected chi connectivity index (χ3v) is 7.32. The number of carbonyl (C=O) groups excluding carboxylic acids is 2. The number of likely N-dealkylation sites (tertiary alicyclic amines) is 1. The number of anilines is 3. The lowest BCUT2D eigenvalue weighted by molar-refractivity contribution is 0.0922. The van der Waals surface area contributed by atoms with Crippen molar-refractivity contribution in [3.63, 3.8) is 0 Å². The molecule has 2 aliphatic rings. The maximum absolute atomic E-state index is 12.7. The Balaban J connectivity index is 1.29. The first kappa shape index (κ1) is 28.3. The van der Waals surface area contributed by atoms with Crippen LogP contribution in [0.4, 0.5) is 17.2 Å². The Bertz CT molecular complexity index is 1380. The molecule has 1 atom stereocenters. The van der Waals surface area contributed by atoms with Gasteiger partial charge in [0.2, 0.25) is 11.7 Å². The van der Waals surface area contributed by atoms with Gasteiger partial charge in [-0.05, 0) is 63.7 Å². The number of para-hydroxylation sites is 1. The quantitative estimate of drug-likeness (QED) is 0.168. The lowest BCUT2D eigenvalue weighted by Gasteiger charge is -2.18. The number of carbonyl (C=O) groups is 2. The molecule has 0 radical (unpaired) electrons. The SMILES string of the molecule is COc1c(Nc2cc(NCOCC3CC3)nnc2C(N)=O)cccc1-c1ncc(C(=O)NCCC2CCCN2C)o1. The van der Waals surface area contributed by atoms with E-state index < -0.39 is 5.91 Å². The van der Waals surface area contributed by atoms with Crippen LogP contribution in [0, 0.1) is 5.92 Å². The standard InChI is InChI=1S/C28H36N8O5/c1-36-12-4-5-18(36)10-11-30-27(38)22-14-31-28(41-22)19-6-3-7-20(25(19)39-2)33-21-13-23(34-35-24(21)26(29)37)32-16-40-15-17-8-9-17/h3,6-7,13-14,17-18H,4-5,8-12,15-16H2,1-2H3,(H2,29,37)(H,30,38)(H2,32,33,34). The van der Waals surface area contributed by atoms with Crippen LogP contribution in [0.25, 0.3) is 11.5 Å². The van der Waals surface area contributed by atoms with E-state index in [0.29, 0.717) is 53.6 Å². The molecule has 2 aromatic heterocycles. The second-order valence-corrected chi connectivity index (χ2v) is 10.4. The van der Waals surface area contributed by atoms with Gasteiger partial charge in [0.15, 0.2) is 17.3 Å². The van der Waals surface area contributed by atoms with Gasteiger partial charge < -0.3 is 40.5 Å². The molecule has 2 fully saturated rings. The number of methoxy groups -OCH3 is 1. The van der Waals surface area contributed by atoms with Crippen molar-refractivity contribution in [3.8, 4) is 17.2 Å². The summed E-state index contributed by atoms with van der Waals surface area (Å²) in [5.41, 5.74) is 6.86. The Morgan fingerprint density at radius 3 is 2.78 bits per heavy atom. The lowest BCUT2D eigenvalue weighted by Crippen LogP contribution is -2.31. The Hall–Kier alpha value is -4.23. The summed E-state index contributed by atoms with van der Waals surface area (Å²) < 4.78 is 17.1. The number of nitrogens with two attached hydrogens (primary N) is 1. The molecule has 3 heterocycles. The first-order valence-corrected chi connectivity index (χ1v) is 13.8. The summed E-state index contributed by atoms with van der Waals surface area (Å²) in [6.07, 6.45) is 7.00. The van der Waals surface area contributed by atoms with E-state index in [2.05, 4.69) is 43.1 Å². The van der Waals surface area contributed by atoms with Crippen LogP contribution in [0.5, 0.6) is 5.75 Å². The number of primary amides is 1. The average molecular weight is 565 g/mol. The molecular weight excluding hydrogens is 528 g/mol. The predicted octanol–water partition coefficient (Wildman–Crippen LogP) is 2.99. The van der Waals surface area contributed by atoms with Crippen LogP contribution in [-0.4, -0.2) is 78.5 Å². The monoisotopic (exact) mass is 564 g/mol. The molecule has 13 heteroatoms. The molecule has 41 heavy (non-hydrogen) atoms. The minimum Gasteiger partial charge on any atom is -0.494 e. The van der Waals surface area contributed by atoms with Crippen molar-refractivity contribution in [3.05, 3.63) is 41.9 Å². The van der Waals surface area contributed by atoms with Crippen LogP contribution in [0.1, 0.15) is 53.1 Å². The summed E-state index contributed by atoms with van der Waals surface area (Å²) in [6, 6.07) is 7.40. The molecule has 1 aliphatic heterocycles. The Kier molecular flexibility index (Phi) is 8.95. The van der Waals surface area contributed by atoms with E-state index in [4.69, 9.17) is 19.6 Å². The molecule has 3 aromatic rings. The summed E-state index contributed by atoms with van der Waals surface area (Å²) >= 11 is 0.